The summed E-state index contributed by atoms with van der Waals surface area (Å²) >= 11 is 0. The van der Waals surface area contributed by atoms with Crippen molar-refractivity contribution >= 4 is 5.91 Å². The van der Waals surface area contributed by atoms with Crippen LogP contribution in [0.4, 0.5) is 17.6 Å². The number of hydrogen-bond donors (Lipinski definition) is 0. The topological polar surface area (TPSA) is 76.4 Å². The highest BCUT2D eigenvalue weighted by Gasteiger charge is 2.30. The Balaban J connectivity index is 1.28. The maximum Gasteiger partial charge on any atom is 0.416 e. The van der Waals surface area contributed by atoms with Crippen molar-refractivity contribution in [2.24, 2.45) is 0 Å². The zero-order valence-electron chi connectivity index (χ0n) is 17.4. The summed E-state index contributed by atoms with van der Waals surface area (Å²) in [6.07, 6.45) is -4.48. The smallest absolute Gasteiger partial charge is 0.416 e. The molecule has 4 rings (SSSR count). The quantitative estimate of drug-likeness (QED) is 0.522. The van der Waals surface area contributed by atoms with Crippen LogP contribution in [0.2, 0.25) is 0 Å². The Morgan fingerprint density at radius 1 is 1.03 bits per heavy atom. The molecule has 1 aliphatic rings. The largest absolute Gasteiger partial charge is 0.484 e. The molecule has 0 spiro atoms. The Bertz CT molecular complexity index is 1110. The van der Waals surface area contributed by atoms with Crippen molar-refractivity contribution in [3.8, 4) is 11.4 Å². The van der Waals surface area contributed by atoms with Gasteiger partial charge in [0.05, 0.1) is 17.8 Å². The number of tetrazole rings is 1. The number of aromatic nitrogens is 4. The van der Waals surface area contributed by atoms with Crippen molar-refractivity contribution in [2.45, 2.75) is 12.7 Å². The Labute approximate surface area is 186 Å². The van der Waals surface area contributed by atoms with Crippen LogP contribution in [0.3, 0.4) is 0 Å². The zero-order chi connectivity index (χ0) is 23.4. The van der Waals surface area contributed by atoms with Crippen LogP contribution in [0.25, 0.3) is 5.69 Å². The summed E-state index contributed by atoms with van der Waals surface area (Å²) < 4.78 is 58.7. The number of ether oxygens (including phenoxy) is 1. The van der Waals surface area contributed by atoms with E-state index in [0.717, 1.165) is 12.1 Å². The van der Waals surface area contributed by atoms with Gasteiger partial charge in [-0.25, -0.2) is 4.39 Å². The van der Waals surface area contributed by atoms with E-state index in [1.54, 1.807) is 17.0 Å². The number of amides is 1. The maximum atomic E-state index is 13.5. The van der Waals surface area contributed by atoms with Gasteiger partial charge in [0.2, 0.25) is 0 Å². The number of carbonyl (C=O) groups excluding carboxylic acids is 1. The summed E-state index contributed by atoms with van der Waals surface area (Å²) in [7, 11) is 0. The summed E-state index contributed by atoms with van der Waals surface area (Å²) in [4.78, 5) is 16.1. The van der Waals surface area contributed by atoms with Gasteiger partial charge in [-0.1, -0.05) is 12.1 Å². The summed E-state index contributed by atoms with van der Waals surface area (Å²) in [5, 5.41) is 11.6. The van der Waals surface area contributed by atoms with Gasteiger partial charge in [-0.2, -0.15) is 17.9 Å². The molecule has 0 bridgehead atoms. The highest BCUT2D eigenvalue weighted by Crippen LogP contribution is 2.31. The van der Waals surface area contributed by atoms with Crippen molar-refractivity contribution < 1.29 is 27.1 Å². The van der Waals surface area contributed by atoms with Gasteiger partial charge in [-0.05, 0) is 46.8 Å². The second kappa shape index (κ2) is 9.53. The standard InChI is InChI=1S/C21H20F4N6O2/c22-16-4-2-5-17(12-16)31-19(26-27-28-31)13-29-7-9-30(10-8-29)20(32)14-33-18-6-1-3-15(11-18)21(23,24)25/h1-6,11-12H,7-10,13-14H2. The number of benzene rings is 2. The number of piperazine rings is 1. The van der Waals surface area contributed by atoms with Crippen molar-refractivity contribution in [2.75, 3.05) is 32.8 Å². The van der Waals surface area contributed by atoms with Gasteiger partial charge in [0.15, 0.2) is 12.4 Å². The lowest BCUT2D eigenvalue weighted by molar-refractivity contribution is -0.137. The second-order valence-electron chi connectivity index (χ2n) is 7.46. The van der Waals surface area contributed by atoms with Crippen LogP contribution >= 0.6 is 0 Å². The summed E-state index contributed by atoms with van der Waals surface area (Å²) in [6.45, 7) is 2.00. The predicted molar refractivity (Wildman–Crippen MR) is 108 cm³/mol. The molecule has 0 saturated carbocycles. The minimum absolute atomic E-state index is 0.0130. The lowest BCUT2D eigenvalue weighted by Gasteiger charge is -2.34. The Hall–Kier alpha value is -3.54. The first-order valence-corrected chi connectivity index (χ1v) is 10.1. The first kappa shape index (κ1) is 22.6. The number of hydrogen-bond acceptors (Lipinski definition) is 6. The number of rotatable bonds is 6. The maximum absolute atomic E-state index is 13.5. The average Bonchev–Trinajstić information content (AvgIpc) is 3.26. The summed E-state index contributed by atoms with van der Waals surface area (Å²) in [5.74, 6) is -0.181. The van der Waals surface area contributed by atoms with Crippen LogP contribution in [-0.2, 0) is 17.5 Å². The molecule has 1 fully saturated rings. The highest BCUT2D eigenvalue weighted by atomic mass is 19.4. The molecule has 2 aromatic carbocycles. The third kappa shape index (κ3) is 5.64. The fraction of sp³-hybridized carbons (Fsp3) is 0.333. The van der Waals surface area contributed by atoms with Crippen LogP contribution in [0, 0.1) is 5.82 Å². The molecule has 12 heteroatoms. The van der Waals surface area contributed by atoms with Crippen LogP contribution in [-0.4, -0.2) is 68.7 Å². The molecule has 0 aliphatic carbocycles. The molecule has 1 aliphatic heterocycles. The van der Waals surface area contributed by atoms with Crippen molar-refractivity contribution in [1.29, 1.82) is 0 Å². The molecule has 1 aromatic heterocycles. The van der Waals surface area contributed by atoms with E-state index in [-0.39, 0.29) is 18.3 Å². The average molecular weight is 464 g/mol. The summed E-state index contributed by atoms with van der Waals surface area (Å²) in [5.41, 5.74) is -0.322. The number of halogens is 4. The normalized spacial score (nSPS) is 15.0. The molecule has 0 radical (unpaired) electrons. The SMILES string of the molecule is O=C(COc1cccc(C(F)(F)F)c1)N1CCN(Cc2nnnn2-c2cccc(F)c2)CC1. The van der Waals surface area contributed by atoms with E-state index in [9.17, 15) is 22.4 Å². The van der Waals surface area contributed by atoms with E-state index in [2.05, 4.69) is 20.4 Å². The van der Waals surface area contributed by atoms with Crippen molar-refractivity contribution in [3.05, 3.63) is 65.7 Å². The van der Waals surface area contributed by atoms with Crippen LogP contribution < -0.4 is 4.74 Å². The van der Waals surface area contributed by atoms with E-state index in [1.807, 2.05) is 0 Å². The monoisotopic (exact) mass is 464 g/mol. The first-order valence-electron chi connectivity index (χ1n) is 10.1. The molecule has 2 heterocycles. The molecule has 0 N–H and O–H groups in total. The molecule has 174 valence electrons. The molecule has 8 nitrogen and oxygen atoms in total. The first-order chi connectivity index (χ1) is 15.8. The van der Waals surface area contributed by atoms with Crippen LogP contribution in [0.15, 0.2) is 48.5 Å². The van der Waals surface area contributed by atoms with E-state index < -0.39 is 17.6 Å². The van der Waals surface area contributed by atoms with Crippen molar-refractivity contribution in [3.63, 3.8) is 0 Å². The van der Waals surface area contributed by atoms with Crippen LogP contribution in [0.1, 0.15) is 11.4 Å². The fourth-order valence-electron chi connectivity index (χ4n) is 3.47. The Morgan fingerprint density at radius 2 is 1.79 bits per heavy atom. The molecule has 33 heavy (non-hydrogen) atoms. The van der Waals surface area contributed by atoms with Gasteiger partial charge >= 0.3 is 6.18 Å². The summed E-state index contributed by atoms with van der Waals surface area (Å²) in [6, 6.07) is 10.4. The Morgan fingerprint density at radius 3 is 2.52 bits per heavy atom. The van der Waals surface area contributed by atoms with E-state index in [0.29, 0.717) is 44.2 Å². The van der Waals surface area contributed by atoms with Crippen LogP contribution in [0.5, 0.6) is 5.75 Å². The van der Waals surface area contributed by atoms with Crippen molar-refractivity contribution in [1.82, 2.24) is 30.0 Å². The van der Waals surface area contributed by atoms with Gasteiger partial charge in [0.1, 0.15) is 11.6 Å². The van der Waals surface area contributed by atoms with Gasteiger partial charge in [-0.15, -0.1) is 5.10 Å². The molecule has 1 amide bonds. The molecule has 0 unspecified atom stereocenters. The van der Waals surface area contributed by atoms with E-state index >= 15 is 0 Å². The van der Waals surface area contributed by atoms with Gasteiger partial charge in [-0.3, -0.25) is 9.69 Å². The fourth-order valence-corrected chi connectivity index (χ4v) is 3.47. The van der Waals surface area contributed by atoms with Gasteiger partial charge in [0, 0.05) is 26.2 Å². The number of alkyl halides is 3. The number of carbonyl (C=O) groups is 1. The zero-order valence-corrected chi connectivity index (χ0v) is 17.4. The van der Waals surface area contributed by atoms with Gasteiger partial charge in [0.25, 0.3) is 5.91 Å². The van der Waals surface area contributed by atoms with E-state index in [1.165, 1.54) is 28.9 Å². The molecule has 1 saturated heterocycles. The Kier molecular flexibility index (Phi) is 6.54. The highest BCUT2D eigenvalue weighted by molar-refractivity contribution is 5.77. The molecular weight excluding hydrogens is 444 g/mol. The third-order valence-corrected chi connectivity index (χ3v) is 5.20. The van der Waals surface area contributed by atoms with Gasteiger partial charge < -0.3 is 9.64 Å². The minimum atomic E-state index is -4.48. The minimum Gasteiger partial charge on any atom is -0.484 e. The molecular formula is C21H20F4N6O2. The third-order valence-electron chi connectivity index (χ3n) is 5.20. The number of nitrogens with zero attached hydrogens (tertiary/aromatic N) is 6. The molecule has 0 atom stereocenters. The second-order valence-corrected chi connectivity index (χ2v) is 7.46. The molecule has 3 aromatic rings. The predicted octanol–water partition coefficient (Wildman–Crippen LogP) is 2.54. The lowest BCUT2D eigenvalue weighted by Crippen LogP contribution is -2.49. The lowest BCUT2D eigenvalue weighted by atomic mass is 10.2. The van der Waals surface area contributed by atoms with E-state index in [4.69, 9.17) is 4.74 Å².